The normalized spacial score (nSPS) is 12.1. The van der Waals surface area contributed by atoms with Gasteiger partial charge < -0.3 is 14.2 Å². The molecule has 1 unspecified atom stereocenters. The summed E-state index contributed by atoms with van der Waals surface area (Å²) in [4.78, 5) is 38.3. The zero-order valence-corrected chi connectivity index (χ0v) is 53.7. The number of ether oxygens (including phenoxy) is 3. The van der Waals surface area contributed by atoms with Gasteiger partial charge in [0.2, 0.25) is 0 Å². The van der Waals surface area contributed by atoms with E-state index in [1.54, 1.807) is 0 Å². The molecule has 0 rings (SSSR count). The van der Waals surface area contributed by atoms with Crippen LogP contribution in [0, 0.1) is 0 Å². The van der Waals surface area contributed by atoms with Crippen LogP contribution in [0.15, 0.2) is 24.3 Å². The van der Waals surface area contributed by atoms with E-state index in [4.69, 9.17) is 14.2 Å². The van der Waals surface area contributed by atoms with Gasteiger partial charge in [0.05, 0.1) is 0 Å². The average Bonchev–Trinajstić information content (AvgIpc) is 3.45. The summed E-state index contributed by atoms with van der Waals surface area (Å²) < 4.78 is 16.9. The number of carbonyl (C=O) groups is 3. The first-order valence-electron chi connectivity index (χ1n) is 35.8. The van der Waals surface area contributed by atoms with Crippen molar-refractivity contribution in [2.24, 2.45) is 0 Å². The third-order valence-electron chi connectivity index (χ3n) is 16.4. The Labute approximate surface area is 493 Å². The first kappa shape index (κ1) is 76.9. The first-order valence-corrected chi connectivity index (χ1v) is 35.8. The van der Waals surface area contributed by atoms with Gasteiger partial charge in [-0.05, 0) is 64.2 Å². The molecule has 79 heavy (non-hydrogen) atoms. The van der Waals surface area contributed by atoms with E-state index in [0.717, 1.165) is 64.2 Å². The molecule has 0 aliphatic heterocycles. The van der Waals surface area contributed by atoms with Crippen molar-refractivity contribution in [3.63, 3.8) is 0 Å². The van der Waals surface area contributed by atoms with Crippen LogP contribution in [0.5, 0.6) is 0 Å². The second kappa shape index (κ2) is 68.4. The largest absolute Gasteiger partial charge is 0.462 e. The minimum absolute atomic E-state index is 0.0708. The molecule has 0 saturated heterocycles. The molecule has 0 aliphatic carbocycles. The van der Waals surface area contributed by atoms with Crippen molar-refractivity contribution in [1.29, 1.82) is 0 Å². The lowest BCUT2D eigenvalue weighted by Gasteiger charge is -2.18. The molecule has 0 saturated carbocycles. The highest BCUT2D eigenvalue weighted by molar-refractivity contribution is 5.71. The van der Waals surface area contributed by atoms with E-state index in [9.17, 15) is 14.4 Å². The van der Waals surface area contributed by atoms with Gasteiger partial charge in [-0.15, -0.1) is 0 Å². The fourth-order valence-corrected chi connectivity index (χ4v) is 11.0. The minimum Gasteiger partial charge on any atom is -0.462 e. The highest BCUT2D eigenvalue weighted by Crippen LogP contribution is 2.19. The molecule has 0 aromatic heterocycles. The third-order valence-corrected chi connectivity index (χ3v) is 16.4. The lowest BCUT2D eigenvalue weighted by molar-refractivity contribution is -0.167. The number of allylic oxidation sites excluding steroid dienone is 4. The van der Waals surface area contributed by atoms with Crippen LogP contribution in [-0.4, -0.2) is 37.2 Å². The smallest absolute Gasteiger partial charge is 0.306 e. The van der Waals surface area contributed by atoms with Crippen molar-refractivity contribution in [3.05, 3.63) is 24.3 Å². The average molecular weight is 1110 g/mol. The van der Waals surface area contributed by atoms with E-state index in [0.29, 0.717) is 19.3 Å². The number of hydrogen-bond donors (Lipinski definition) is 0. The molecule has 466 valence electrons. The van der Waals surface area contributed by atoms with Crippen molar-refractivity contribution in [2.75, 3.05) is 13.2 Å². The maximum atomic E-state index is 12.9. The van der Waals surface area contributed by atoms with E-state index in [1.807, 2.05) is 0 Å². The Morgan fingerprint density at radius 1 is 0.241 bits per heavy atom. The first-order chi connectivity index (χ1) is 39.0. The quantitative estimate of drug-likeness (QED) is 0.0261. The molecular formula is C73H138O6. The molecule has 0 radical (unpaired) electrons. The molecule has 0 spiro atoms. The minimum atomic E-state index is -0.774. The van der Waals surface area contributed by atoms with E-state index >= 15 is 0 Å². The number of esters is 3. The van der Waals surface area contributed by atoms with Gasteiger partial charge in [-0.25, -0.2) is 0 Å². The number of rotatable bonds is 67. The summed E-state index contributed by atoms with van der Waals surface area (Å²) in [6.45, 7) is 6.66. The summed E-state index contributed by atoms with van der Waals surface area (Å²) >= 11 is 0. The van der Waals surface area contributed by atoms with Crippen molar-refractivity contribution in [3.8, 4) is 0 Å². The lowest BCUT2D eigenvalue weighted by Crippen LogP contribution is -2.30. The monoisotopic (exact) mass is 1110 g/mol. The topological polar surface area (TPSA) is 78.9 Å². The van der Waals surface area contributed by atoms with Crippen molar-refractivity contribution >= 4 is 17.9 Å². The van der Waals surface area contributed by atoms with Crippen LogP contribution in [0.25, 0.3) is 0 Å². The van der Waals surface area contributed by atoms with E-state index < -0.39 is 6.10 Å². The Bertz CT molecular complexity index is 1270. The molecule has 0 N–H and O–H groups in total. The van der Waals surface area contributed by atoms with Crippen LogP contribution in [-0.2, 0) is 28.6 Å². The summed E-state index contributed by atoms with van der Waals surface area (Å²) in [5.41, 5.74) is 0. The summed E-state index contributed by atoms with van der Waals surface area (Å²) in [6.07, 6.45) is 83.8. The van der Waals surface area contributed by atoms with Gasteiger partial charge in [-0.2, -0.15) is 0 Å². The summed E-state index contributed by atoms with van der Waals surface area (Å²) in [5.74, 6) is -0.859. The standard InChI is InChI=1S/C73H138O6/c1-4-7-10-13-16-19-22-24-26-28-29-30-31-32-33-34-35-36-37-38-39-40-41-42-43-45-46-48-51-54-57-60-63-66-72(75)78-69-70(68-77-71(74)65-62-59-56-53-50-21-18-15-12-9-6-3)79-73(76)67-64-61-58-55-52-49-47-44-27-25-23-20-17-14-11-8-5-2/h15,18,25,27,70H,4-14,16-17,19-24,26,28-69H2,1-3H3/b18-15-,27-25-. The van der Waals surface area contributed by atoms with Crippen LogP contribution in [0.1, 0.15) is 406 Å². The molecule has 0 amide bonds. The molecule has 0 aliphatic rings. The molecule has 1 atom stereocenters. The van der Waals surface area contributed by atoms with Crippen LogP contribution >= 0.6 is 0 Å². The van der Waals surface area contributed by atoms with Crippen LogP contribution < -0.4 is 0 Å². The number of unbranched alkanes of at least 4 members (excludes halogenated alkanes) is 52. The Kier molecular flexibility index (Phi) is 66.6. The molecule has 6 heteroatoms. The third kappa shape index (κ3) is 66.6. The Balaban J connectivity index is 4.04. The summed E-state index contributed by atoms with van der Waals surface area (Å²) in [5, 5.41) is 0. The molecule has 0 aromatic rings. The highest BCUT2D eigenvalue weighted by atomic mass is 16.6. The fraction of sp³-hybridized carbons (Fsp3) is 0.904. The van der Waals surface area contributed by atoms with Gasteiger partial charge in [-0.3, -0.25) is 14.4 Å². The van der Waals surface area contributed by atoms with Crippen LogP contribution in [0.4, 0.5) is 0 Å². The summed E-state index contributed by atoms with van der Waals surface area (Å²) in [6, 6.07) is 0. The lowest BCUT2D eigenvalue weighted by atomic mass is 10.0. The van der Waals surface area contributed by atoms with Gasteiger partial charge in [0, 0.05) is 19.3 Å². The van der Waals surface area contributed by atoms with Gasteiger partial charge >= 0.3 is 17.9 Å². The predicted octanol–water partition coefficient (Wildman–Crippen LogP) is 24.6. The SMILES string of the molecule is CCCC/C=C\CCCCCCCC(=O)OCC(COC(=O)CCCCCCCCCCCCCCCCCCCCCCCCCCCCCCCCCCC)OC(=O)CCCCCCCCC/C=C\CCCCCCCC. The van der Waals surface area contributed by atoms with Crippen molar-refractivity contribution in [2.45, 2.75) is 412 Å². The van der Waals surface area contributed by atoms with Gasteiger partial charge in [0.1, 0.15) is 13.2 Å². The zero-order chi connectivity index (χ0) is 57.1. The van der Waals surface area contributed by atoms with Crippen LogP contribution in [0.3, 0.4) is 0 Å². The maximum absolute atomic E-state index is 12.9. The molecular weight excluding hydrogens is 973 g/mol. The molecule has 0 aromatic carbocycles. The zero-order valence-electron chi connectivity index (χ0n) is 53.7. The second-order valence-electron chi connectivity index (χ2n) is 24.5. The van der Waals surface area contributed by atoms with Gasteiger partial charge in [0.15, 0.2) is 6.10 Å². The van der Waals surface area contributed by atoms with E-state index in [-0.39, 0.29) is 31.1 Å². The molecule has 6 nitrogen and oxygen atoms in total. The number of carbonyl (C=O) groups excluding carboxylic acids is 3. The van der Waals surface area contributed by atoms with E-state index in [1.165, 1.54) is 302 Å². The Hall–Kier alpha value is -2.11. The molecule has 0 heterocycles. The Morgan fingerprint density at radius 2 is 0.430 bits per heavy atom. The summed E-state index contributed by atoms with van der Waals surface area (Å²) in [7, 11) is 0. The van der Waals surface area contributed by atoms with Crippen LogP contribution in [0.2, 0.25) is 0 Å². The van der Waals surface area contributed by atoms with Crippen molar-refractivity contribution in [1.82, 2.24) is 0 Å². The van der Waals surface area contributed by atoms with Gasteiger partial charge in [-0.1, -0.05) is 347 Å². The van der Waals surface area contributed by atoms with Crippen molar-refractivity contribution < 1.29 is 28.6 Å². The fourth-order valence-electron chi connectivity index (χ4n) is 11.0. The molecule has 0 fully saturated rings. The predicted molar refractivity (Wildman–Crippen MR) is 344 cm³/mol. The number of hydrogen-bond acceptors (Lipinski definition) is 6. The maximum Gasteiger partial charge on any atom is 0.306 e. The Morgan fingerprint density at radius 3 is 0.671 bits per heavy atom. The highest BCUT2D eigenvalue weighted by Gasteiger charge is 2.19. The molecule has 0 bridgehead atoms. The van der Waals surface area contributed by atoms with Gasteiger partial charge in [0.25, 0.3) is 0 Å². The van der Waals surface area contributed by atoms with E-state index in [2.05, 4.69) is 45.1 Å². The second-order valence-corrected chi connectivity index (χ2v) is 24.5.